The third-order valence-electron chi connectivity index (χ3n) is 1.65. The van der Waals surface area contributed by atoms with E-state index in [0.717, 1.165) is 5.70 Å². The summed E-state index contributed by atoms with van der Waals surface area (Å²) in [6, 6.07) is 0. The molecule has 0 bridgehead atoms. The number of aliphatic hydroxyl groups excluding tert-OH is 1. The molecule has 13 heavy (non-hydrogen) atoms. The van der Waals surface area contributed by atoms with Crippen LogP contribution in [0.25, 0.3) is 0 Å². The lowest BCUT2D eigenvalue weighted by molar-refractivity contribution is 0.170. The Morgan fingerprint density at radius 3 is 2.62 bits per heavy atom. The lowest BCUT2D eigenvalue weighted by Crippen LogP contribution is -2.23. The molecule has 0 radical (unpaired) electrons. The van der Waals surface area contributed by atoms with E-state index >= 15 is 0 Å². The van der Waals surface area contributed by atoms with E-state index in [4.69, 9.17) is 5.11 Å². The van der Waals surface area contributed by atoms with Crippen LogP contribution in [0.5, 0.6) is 0 Å². The fourth-order valence-electron chi connectivity index (χ4n) is 1.04. The van der Waals surface area contributed by atoms with Gasteiger partial charge in [-0.05, 0) is 26.0 Å². The normalized spacial score (nSPS) is 31.3. The molecule has 0 spiro atoms. The third-order valence-corrected chi connectivity index (χ3v) is 1.65. The molecule has 70 valence electrons. The van der Waals surface area contributed by atoms with Crippen LogP contribution in [0.2, 0.25) is 0 Å². The molecule has 0 aromatic heterocycles. The molecule has 0 aliphatic heterocycles. The first kappa shape index (κ1) is 9.81. The Hall–Kier alpha value is -1.28. The Kier molecular flexibility index (Phi) is 3.53. The Morgan fingerprint density at radius 1 is 1.23 bits per heavy atom. The molecular formula is C11H15NO. The highest BCUT2D eigenvalue weighted by Crippen LogP contribution is 2.04. The topological polar surface area (TPSA) is 32.3 Å². The van der Waals surface area contributed by atoms with Gasteiger partial charge in [-0.1, -0.05) is 29.9 Å². The van der Waals surface area contributed by atoms with Gasteiger partial charge in [0.25, 0.3) is 0 Å². The molecule has 1 aliphatic carbocycles. The van der Waals surface area contributed by atoms with Gasteiger partial charge in [0.15, 0.2) is 0 Å². The minimum absolute atomic E-state index is 0.520. The molecule has 1 unspecified atom stereocenters. The molecule has 1 aliphatic rings. The van der Waals surface area contributed by atoms with Gasteiger partial charge in [-0.2, -0.15) is 0 Å². The molecular weight excluding hydrogens is 162 g/mol. The van der Waals surface area contributed by atoms with Crippen LogP contribution < -0.4 is 5.32 Å². The average Bonchev–Trinajstić information content (AvgIpc) is 2.03. The van der Waals surface area contributed by atoms with Crippen molar-refractivity contribution < 1.29 is 5.11 Å². The minimum Gasteiger partial charge on any atom is -0.374 e. The van der Waals surface area contributed by atoms with Crippen molar-refractivity contribution in [3.05, 3.63) is 47.7 Å². The molecule has 0 saturated carbocycles. The highest BCUT2D eigenvalue weighted by atomic mass is 16.3. The minimum atomic E-state index is -0.520. The van der Waals surface area contributed by atoms with Crippen LogP contribution in [0.4, 0.5) is 0 Å². The van der Waals surface area contributed by atoms with Crippen LogP contribution in [0.1, 0.15) is 13.8 Å². The van der Waals surface area contributed by atoms with E-state index in [0.29, 0.717) is 0 Å². The summed E-state index contributed by atoms with van der Waals surface area (Å²) in [6.45, 7) is 3.73. The van der Waals surface area contributed by atoms with Crippen LogP contribution in [0.15, 0.2) is 47.7 Å². The molecule has 2 nitrogen and oxygen atoms in total. The summed E-state index contributed by atoms with van der Waals surface area (Å²) < 4.78 is 0. The first-order chi connectivity index (χ1) is 6.18. The molecule has 0 fully saturated rings. The quantitative estimate of drug-likeness (QED) is 0.631. The molecule has 0 saturated heterocycles. The summed E-state index contributed by atoms with van der Waals surface area (Å²) in [7, 11) is 0. The number of nitrogens with one attached hydrogen (secondary N) is 1. The number of aliphatic hydroxyl groups is 1. The summed E-state index contributed by atoms with van der Waals surface area (Å²) in [5.41, 5.74) is 2.10. The summed E-state index contributed by atoms with van der Waals surface area (Å²) in [5.74, 6) is 0. The van der Waals surface area contributed by atoms with Gasteiger partial charge in [0.05, 0.1) is 0 Å². The molecule has 2 N–H and O–H groups in total. The van der Waals surface area contributed by atoms with Crippen molar-refractivity contribution in [2.24, 2.45) is 0 Å². The van der Waals surface area contributed by atoms with Gasteiger partial charge >= 0.3 is 0 Å². The Balaban J connectivity index is 2.71. The van der Waals surface area contributed by atoms with Gasteiger partial charge in [-0.3, -0.25) is 0 Å². The molecule has 2 heteroatoms. The molecule has 1 rings (SSSR count). The first-order valence-electron chi connectivity index (χ1n) is 4.36. The predicted molar refractivity (Wildman–Crippen MR) is 54.9 cm³/mol. The monoisotopic (exact) mass is 177 g/mol. The second-order valence-corrected chi connectivity index (χ2v) is 3.07. The van der Waals surface area contributed by atoms with Crippen LogP contribution in [-0.4, -0.2) is 11.3 Å². The van der Waals surface area contributed by atoms with Gasteiger partial charge in [-0.25, -0.2) is 0 Å². The summed E-state index contributed by atoms with van der Waals surface area (Å²) >= 11 is 0. The fourth-order valence-corrected chi connectivity index (χ4v) is 1.04. The second-order valence-electron chi connectivity index (χ2n) is 3.07. The van der Waals surface area contributed by atoms with Crippen LogP contribution >= 0.6 is 0 Å². The summed E-state index contributed by atoms with van der Waals surface area (Å²) in [6.07, 6.45) is 11.3. The molecule has 1 atom stereocenters. The van der Waals surface area contributed by atoms with E-state index < -0.39 is 6.23 Å². The van der Waals surface area contributed by atoms with Gasteiger partial charge in [0, 0.05) is 5.70 Å². The lowest BCUT2D eigenvalue weighted by atomic mass is 10.2. The van der Waals surface area contributed by atoms with Gasteiger partial charge in [0.1, 0.15) is 6.23 Å². The number of hydrogen-bond donors (Lipinski definition) is 2. The maximum atomic E-state index is 9.11. The number of hydrogen-bond acceptors (Lipinski definition) is 2. The van der Waals surface area contributed by atoms with E-state index in [9.17, 15) is 0 Å². The smallest absolute Gasteiger partial charge is 0.121 e. The van der Waals surface area contributed by atoms with Crippen LogP contribution in [0.3, 0.4) is 0 Å². The SMILES string of the molecule is CC1=C/C=C\C=C(NC(C)O)/C=C\1. The zero-order chi connectivity index (χ0) is 9.68. The van der Waals surface area contributed by atoms with Crippen molar-refractivity contribution in [1.29, 1.82) is 0 Å². The Labute approximate surface area is 79.0 Å². The Bertz CT molecular complexity index is 282. The van der Waals surface area contributed by atoms with Crippen molar-refractivity contribution in [3.63, 3.8) is 0 Å². The van der Waals surface area contributed by atoms with Crippen LogP contribution in [-0.2, 0) is 0 Å². The standard InChI is InChI=1S/C11H15NO/c1-9-5-3-4-6-11(8-7-9)12-10(2)13/h3-8,10,12-13H,1-2H3/b4-3-,5-3?,6-4?,8-7-,9-5-,9-7?,11-6+,11-8?. The second kappa shape index (κ2) is 4.67. The van der Waals surface area contributed by atoms with E-state index in [-0.39, 0.29) is 0 Å². The van der Waals surface area contributed by atoms with Gasteiger partial charge in [-0.15, -0.1) is 0 Å². The maximum absolute atomic E-state index is 9.11. The van der Waals surface area contributed by atoms with Crippen molar-refractivity contribution >= 4 is 0 Å². The zero-order valence-corrected chi connectivity index (χ0v) is 7.99. The summed E-state index contributed by atoms with van der Waals surface area (Å²) in [5, 5.41) is 12.0. The number of rotatable bonds is 2. The Morgan fingerprint density at radius 2 is 1.92 bits per heavy atom. The first-order valence-corrected chi connectivity index (χ1v) is 4.36. The van der Waals surface area contributed by atoms with Gasteiger partial charge < -0.3 is 10.4 Å². The van der Waals surface area contributed by atoms with Crippen molar-refractivity contribution in [3.8, 4) is 0 Å². The van der Waals surface area contributed by atoms with Crippen LogP contribution in [0, 0.1) is 0 Å². The maximum Gasteiger partial charge on any atom is 0.121 e. The highest BCUT2D eigenvalue weighted by Gasteiger charge is 1.95. The fraction of sp³-hybridized carbons (Fsp3) is 0.273. The molecule has 0 aromatic rings. The third kappa shape index (κ3) is 3.76. The molecule has 0 aromatic carbocycles. The average molecular weight is 177 g/mol. The molecule has 0 heterocycles. The highest BCUT2D eigenvalue weighted by molar-refractivity contribution is 5.34. The number of allylic oxidation sites excluding steroid dienone is 7. The predicted octanol–water partition coefficient (Wildman–Crippen LogP) is 1.87. The van der Waals surface area contributed by atoms with Gasteiger partial charge in [0.2, 0.25) is 0 Å². The van der Waals surface area contributed by atoms with E-state index in [1.165, 1.54) is 5.57 Å². The lowest BCUT2D eigenvalue weighted by Gasteiger charge is -2.09. The van der Waals surface area contributed by atoms with E-state index in [1.807, 2.05) is 43.4 Å². The largest absolute Gasteiger partial charge is 0.374 e. The van der Waals surface area contributed by atoms with Crippen molar-refractivity contribution in [2.75, 3.05) is 0 Å². The zero-order valence-electron chi connectivity index (χ0n) is 7.99. The summed E-state index contributed by atoms with van der Waals surface area (Å²) in [4.78, 5) is 0. The molecule has 0 amide bonds. The van der Waals surface area contributed by atoms with Crippen molar-refractivity contribution in [1.82, 2.24) is 5.32 Å². The van der Waals surface area contributed by atoms with Crippen molar-refractivity contribution in [2.45, 2.75) is 20.1 Å². The van der Waals surface area contributed by atoms with E-state index in [2.05, 4.69) is 5.32 Å². The van der Waals surface area contributed by atoms with E-state index in [1.54, 1.807) is 6.92 Å².